The summed E-state index contributed by atoms with van der Waals surface area (Å²) in [4.78, 5) is 11.0. The molecule has 0 unspecified atom stereocenters. The number of carbonyl (C=O) groups is 1. The van der Waals surface area contributed by atoms with Gasteiger partial charge < -0.3 is 15.2 Å². The molecular weight excluding hydrogens is 182 g/mol. The quantitative estimate of drug-likeness (QED) is 0.706. The average molecular weight is 193 g/mol. The van der Waals surface area contributed by atoms with Gasteiger partial charge in [0.2, 0.25) is 0 Å². The van der Waals surface area contributed by atoms with Crippen LogP contribution in [0.2, 0.25) is 0 Å². The Morgan fingerprint density at radius 1 is 1.57 bits per heavy atom. The van der Waals surface area contributed by atoms with E-state index in [1.54, 1.807) is 6.07 Å². The molecule has 0 saturated heterocycles. The summed E-state index contributed by atoms with van der Waals surface area (Å²) in [6.07, 6.45) is 0.757. The Kier molecular flexibility index (Phi) is 2.04. The van der Waals surface area contributed by atoms with Crippen LogP contribution in [0.3, 0.4) is 0 Å². The van der Waals surface area contributed by atoms with Crippen molar-refractivity contribution in [2.45, 2.75) is 13.3 Å². The number of aryl methyl sites for hydroxylation is 1. The summed E-state index contributed by atoms with van der Waals surface area (Å²) in [7, 11) is 0. The van der Waals surface area contributed by atoms with E-state index in [4.69, 9.17) is 4.74 Å². The highest BCUT2D eigenvalue weighted by Gasteiger charge is 2.19. The predicted molar refractivity (Wildman–Crippen MR) is 51.6 cm³/mol. The van der Waals surface area contributed by atoms with E-state index in [0.29, 0.717) is 11.4 Å². The van der Waals surface area contributed by atoms with Crippen LogP contribution in [0.5, 0.6) is 11.5 Å². The van der Waals surface area contributed by atoms with Crippen molar-refractivity contribution in [2.24, 2.45) is 0 Å². The molecule has 1 aromatic carbocycles. The lowest BCUT2D eigenvalue weighted by Crippen LogP contribution is -2.25. The van der Waals surface area contributed by atoms with E-state index in [1.807, 2.05) is 6.92 Å². The van der Waals surface area contributed by atoms with Crippen molar-refractivity contribution >= 4 is 11.6 Å². The van der Waals surface area contributed by atoms with Gasteiger partial charge in [0, 0.05) is 6.07 Å². The Morgan fingerprint density at radius 2 is 2.36 bits per heavy atom. The fourth-order valence-corrected chi connectivity index (χ4v) is 1.52. The largest absolute Gasteiger partial charge is 0.508 e. The van der Waals surface area contributed by atoms with E-state index < -0.39 is 0 Å². The Balaban J connectivity index is 2.51. The van der Waals surface area contributed by atoms with Crippen LogP contribution in [-0.4, -0.2) is 17.6 Å². The molecular formula is C10H11NO3. The molecule has 0 saturated carbocycles. The highest BCUT2D eigenvalue weighted by atomic mass is 16.5. The SMILES string of the molecule is CCc1cc(O)cc2c1OCC(=O)N2. The maximum atomic E-state index is 11.0. The molecule has 4 heteroatoms. The van der Waals surface area contributed by atoms with E-state index in [9.17, 15) is 9.90 Å². The number of hydrogen-bond acceptors (Lipinski definition) is 3. The molecule has 0 radical (unpaired) electrons. The number of fused-ring (bicyclic) bond motifs is 1. The first-order valence-corrected chi connectivity index (χ1v) is 4.49. The predicted octanol–water partition coefficient (Wildman–Crippen LogP) is 1.29. The molecule has 0 atom stereocenters. The van der Waals surface area contributed by atoms with Crippen molar-refractivity contribution in [3.63, 3.8) is 0 Å². The standard InChI is InChI=1S/C10H11NO3/c1-2-6-3-7(12)4-8-10(6)14-5-9(13)11-8/h3-4,12H,2,5H2,1H3,(H,11,13). The van der Waals surface area contributed by atoms with E-state index in [-0.39, 0.29) is 18.3 Å². The van der Waals surface area contributed by atoms with Crippen molar-refractivity contribution < 1.29 is 14.6 Å². The molecule has 0 bridgehead atoms. The van der Waals surface area contributed by atoms with Crippen molar-refractivity contribution in [1.29, 1.82) is 0 Å². The second-order valence-corrected chi connectivity index (χ2v) is 3.17. The average Bonchev–Trinajstić information content (AvgIpc) is 2.15. The lowest BCUT2D eigenvalue weighted by molar-refractivity contribution is -0.118. The number of ether oxygens (including phenoxy) is 1. The van der Waals surface area contributed by atoms with E-state index in [0.717, 1.165) is 12.0 Å². The Labute approximate surface area is 81.5 Å². The van der Waals surface area contributed by atoms with Crippen molar-refractivity contribution in [3.05, 3.63) is 17.7 Å². The molecule has 1 heterocycles. The molecule has 0 fully saturated rings. The monoisotopic (exact) mass is 193 g/mol. The van der Waals surface area contributed by atoms with E-state index in [2.05, 4.69) is 5.32 Å². The molecule has 2 N–H and O–H groups in total. The van der Waals surface area contributed by atoms with Gasteiger partial charge in [-0.3, -0.25) is 4.79 Å². The first-order chi connectivity index (χ1) is 6.70. The van der Waals surface area contributed by atoms with Gasteiger partial charge in [-0.25, -0.2) is 0 Å². The number of hydrogen-bond donors (Lipinski definition) is 2. The smallest absolute Gasteiger partial charge is 0.262 e. The summed E-state index contributed by atoms with van der Waals surface area (Å²) in [6.45, 7) is 2.01. The number of phenolic OH excluding ortho intramolecular Hbond substituents is 1. The number of anilines is 1. The minimum absolute atomic E-state index is 0.0464. The van der Waals surface area contributed by atoms with Gasteiger partial charge in [0.25, 0.3) is 5.91 Å². The number of rotatable bonds is 1. The zero-order chi connectivity index (χ0) is 10.1. The minimum Gasteiger partial charge on any atom is -0.508 e. The van der Waals surface area contributed by atoms with Gasteiger partial charge in [-0.1, -0.05) is 6.92 Å². The number of amides is 1. The molecule has 0 aromatic heterocycles. The van der Waals surface area contributed by atoms with Crippen LogP contribution in [0, 0.1) is 0 Å². The molecule has 4 nitrogen and oxygen atoms in total. The van der Waals surface area contributed by atoms with Crippen LogP contribution < -0.4 is 10.1 Å². The van der Waals surface area contributed by atoms with Crippen molar-refractivity contribution in [3.8, 4) is 11.5 Å². The van der Waals surface area contributed by atoms with Crippen LogP contribution >= 0.6 is 0 Å². The molecule has 14 heavy (non-hydrogen) atoms. The zero-order valence-electron chi connectivity index (χ0n) is 7.83. The summed E-state index contributed by atoms with van der Waals surface area (Å²) < 4.78 is 5.29. The summed E-state index contributed by atoms with van der Waals surface area (Å²) in [5.74, 6) is 0.626. The zero-order valence-corrected chi connectivity index (χ0v) is 7.83. The third-order valence-corrected chi connectivity index (χ3v) is 2.15. The molecule has 2 rings (SSSR count). The Bertz CT molecular complexity index is 387. The third-order valence-electron chi connectivity index (χ3n) is 2.15. The summed E-state index contributed by atoms with van der Waals surface area (Å²) >= 11 is 0. The molecule has 1 aliphatic rings. The van der Waals surface area contributed by atoms with Crippen LogP contribution in [0.25, 0.3) is 0 Å². The third kappa shape index (κ3) is 1.39. The van der Waals surface area contributed by atoms with Crippen LogP contribution in [0.1, 0.15) is 12.5 Å². The van der Waals surface area contributed by atoms with Gasteiger partial charge in [0.15, 0.2) is 6.61 Å². The molecule has 1 aliphatic heterocycles. The Morgan fingerprint density at radius 3 is 3.07 bits per heavy atom. The lowest BCUT2D eigenvalue weighted by Gasteiger charge is -2.20. The Hall–Kier alpha value is -1.71. The molecule has 0 spiro atoms. The first kappa shape index (κ1) is 8.87. The van der Waals surface area contributed by atoms with Gasteiger partial charge in [-0.05, 0) is 18.1 Å². The molecule has 74 valence electrons. The first-order valence-electron chi connectivity index (χ1n) is 4.49. The normalized spacial score (nSPS) is 14.2. The van der Waals surface area contributed by atoms with E-state index >= 15 is 0 Å². The summed E-state index contributed by atoms with van der Waals surface area (Å²) in [5.41, 5.74) is 1.46. The maximum Gasteiger partial charge on any atom is 0.262 e. The van der Waals surface area contributed by atoms with Gasteiger partial charge in [0.05, 0.1) is 5.69 Å². The lowest BCUT2D eigenvalue weighted by atomic mass is 10.1. The van der Waals surface area contributed by atoms with Gasteiger partial charge in [-0.15, -0.1) is 0 Å². The van der Waals surface area contributed by atoms with Gasteiger partial charge in [0.1, 0.15) is 11.5 Å². The second-order valence-electron chi connectivity index (χ2n) is 3.17. The fraction of sp³-hybridized carbons (Fsp3) is 0.300. The van der Waals surface area contributed by atoms with Crippen LogP contribution in [0.4, 0.5) is 5.69 Å². The summed E-state index contributed by atoms with van der Waals surface area (Å²) in [5, 5.41) is 12.0. The number of nitrogens with one attached hydrogen (secondary N) is 1. The molecule has 1 aromatic rings. The fourth-order valence-electron chi connectivity index (χ4n) is 1.52. The van der Waals surface area contributed by atoms with Gasteiger partial charge in [-0.2, -0.15) is 0 Å². The number of phenols is 1. The summed E-state index contributed by atoms with van der Waals surface area (Å²) in [6, 6.07) is 3.14. The van der Waals surface area contributed by atoms with Crippen molar-refractivity contribution in [2.75, 3.05) is 11.9 Å². The van der Waals surface area contributed by atoms with Gasteiger partial charge >= 0.3 is 0 Å². The van der Waals surface area contributed by atoms with Crippen LogP contribution in [0.15, 0.2) is 12.1 Å². The maximum absolute atomic E-state index is 11.0. The van der Waals surface area contributed by atoms with Crippen molar-refractivity contribution in [1.82, 2.24) is 0 Å². The van der Waals surface area contributed by atoms with E-state index in [1.165, 1.54) is 6.07 Å². The number of carbonyl (C=O) groups excluding carboxylic acids is 1. The molecule has 1 amide bonds. The minimum atomic E-state index is -0.190. The highest BCUT2D eigenvalue weighted by Crippen LogP contribution is 2.35. The number of aromatic hydroxyl groups is 1. The van der Waals surface area contributed by atoms with Crippen LogP contribution in [-0.2, 0) is 11.2 Å². The topological polar surface area (TPSA) is 58.6 Å². The number of benzene rings is 1. The second kappa shape index (κ2) is 3.21. The highest BCUT2D eigenvalue weighted by molar-refractivity contribution is 5.96. The molecule has 0 aliphatic carbocycles.